The second-order valence-electron chi connectivity index (χ2n) is 5.92. The van der Waals surface area contributed by atoms with Gasteiger partial charge in [-0.2, -0.15) is 0 Å². The van der Waals surface area contributed by atoms with E-state index in [9.17, 15) is 0 Å². The van der Waals surface area contributed by atoms with E-state index in [1.165, 1.54) is 0 Å². The number of nitrogen functional groups attached to an aromatic ring is 1. The van der Waals surface area contributed by atoms with Crippen LogP contribution in [0.1, 0.15) is 33.3 Å². The zero-order valence-electron chi connectivity index (χ0n) is 12.7. The Balaban J connectivity index is 3.31. The Morgan fingerprint density at radius 2 is 1.95 bits per heavy atom. The number of hydrogen-bond acceptors (Lipinski definition) is 3. The van der Waals surface area contributed by atoms with Crippen LogP contribution in [0.15, 0.2) is 23.1 Å². The summed E-state index contributed by atoms with van der Waals surface area (Å²) < 4.78 is 0. The maximum atomic E-state index is 7.85. The fourth-order valence-electron chi connectivity index (χ4n) is 2.04. The molecule has 3 N–H and O–H groups in total. The smallest absolute Gasteiger partial charge is 0.126 e. The minimum absolute atomic E-state index is 0.132. The van der Waals surface area contributed by atoms with Crippen LogP contribution in [-0.2, 0) is 0 Å². The predicted molar refractivity (Wildman–Crippen MR) is 86.6 cm³/mol. The zero-order chi connectivity index (χ0) is 14.8. The van der Waals surface area contributed by atoms with Gasteiger partial charge in [0.1, 0.15) is 5.84 Å². The zero-order valence-corrected chi connectivity index (χ0v) is 13.6. The highest BCUT2D eigenvalue weighted by atomic mass is 32.2. The summed E-state index contributed by atoms with van der Waals surface area (Å²) >= 11 is 1.63. The van der Waals surface area contributed by atoms with E-state index in [0.29, 0.717) is 6.04 Å². The Kier molecular flexibility index (Phi) is 4.91. The Bertz CT molecular complexity index is 463. The van der Waals surface area contributed by atoms with Gasteiger partial charge in [-0.25, -0.2) is 0 Å². The van der Waals surface area contributed by atoms with Gasteiger partial charge in [0, 0.05) is 23.7 Å². The number of thioether (sulfide) groups is 1. The maximum Gasteiger partial charge on any atom is 0.126 e. The molecule has 1 aromatic carbocycles. The van der Waals surface area contributed by atoms with Gasteiger partial charge in [0.15, 0.2) is 0 Å². The number of rotatable bonds is 4. The van der Waals surface area contributed by atoms with E-state index in [4.69, 9.17) is 11.1 Å². The minimum Gasteiger partial charge on any atom is -0.384 e. The number of amidine groups is 1. The van der Waals surface area contributed by atoms with Gasteiger partial charge >= 0.3 is 0 Å². The van der Waals surface area contributed by atoms with Crippen molar-refractivity contribution in [1.82, 2.24) is 0 Å². The monoisotopic (exact) mass is 279 g/mol. The average Bonchev–Trinajstić information content (AvgIpc) is 2.34. The van der Waals surface area contributed by atoms with Crippen LogP contribution < -0.4 is 10.6 Å². The average molecular weight is 279 g/mol. The van der Waals surface area contributed by atoms with Gasteiger partial charge in [0.25, 0.3) is 0 Å². The molecule has 1 aromatic rings. The van der Waals surface area contributed by atoms with Crippen molar-refractivity contribution < 1.29 is 0 Å². The lowest BCUT2D eigenvalue weighted by atomic mass is 9.86. The number of hydrogen-bond donors (Lipinski definition) is 2. The molecule has 0 spiro atoms. The highest BCUT2D eigenvalue weighted by molar-refractivity contribution is 7.98. The van der Waals surface area contributed by atoms with Crippen molar-refractivity contribution >= 4 is 23.3 Å². The molecule has 4 heteroatoms. The molecule has 0 saturated heterocycles. The van der Waals surface area contributed by atoms with Crippen molar-refractivity contribution in [3.63, 3.8) is 0 Å². The molecule has 0 aliphatic rings. The summed E-state index contributed by atoms with van der Waals surface area (Å²) in [7, 11) is 2.07. The van der Waals surface area contributed by atoms with Gasteiger partial charge in [-0.05, 0) is 30.7 Å². The molecule has 0 bridgehead atoms. The summed E-state index contributed by atoms with van der Waals surface area (Å²) in [6, 6.07) is 6.43. The summed E-state index contributed by atoms with van der Waals surface area (Å²) in [5, 5.41) is 7.85. The summed E-state index contributed by atoms with van der Waals surface area (Å²) in [5.74, 6) is 0.132. The standard InChI is InChI=1S/C15H25N3S/c1-10(15(2,3)4)18(5)11-8-7-9-12(19-6)13(11)14(16)17/h7-10H,1-6H3,(H3,16,17). The fraction of sp³-hybridized carbons (Fsp3) is 0.533. The third-order valence-corrected chi connectivity index (χ3v) is 4.49. The first-order valence-electron chi connectivity index (χ1n) is 6.44. The van der Waals surface area contributed by atoms with Gasteiger partial charge in [-0.15, -0.1) is 11.8 Å². The van der Waals surface area contributed by atoms with Crippen LogP contribution in [0.3, 0.4) is 0 Å². The normalized spacial score (nSPS) is 13.2. The lowest BCUT2D eigenvalue weighted by Gasteiger charge is -2.38. The summed E-state index contributed by atoms with van der Waals surface area (Å²) in [6.07, 6.45) is 2.01. The molecule has 0 saturated carbocycles. The molecule has 1 atom stereocenters. The Morgan fingerprint density at radius 1 is 1.37 bits per heavy atom. The van der Waals surface area contributed by atoms with E-state index in [2.05, 4.69) is 39.6 Å². The van der Waals surface area contributed by atoms with Crippen LogP contribution >= 0.6 is 11.8 Å². The van der Waals surface area contributed by atoms with E-state index in [-0.39, 0.29) is 11.3 Å². The van der Waals surface area contributed by atoms with Gasteiger partial charge in [0.05, 0.1) is 5.56 Å². The summed E-state index contributed by atoms with van der Waals surface area (Å²) in [5.41, 5.74) is 7.82. The molecule has 0 fully saturated rings. The molecular weight excluding hydrogens is 254 g/mol. The van der Waals surface area contributed by atoms with Crippen molar-refractivity contribution in [2.45, 2.75) is 38.6 Å². The molecule has 0 aliphatic heterocycles. The Morgan fingerprint density at radius 3 is 2.37 bits per heavy atom. The summed E-state index contributed by atoms with van der Waals surface area (Å²) in [6.45, 7) is 8.87. The maximum absolute atomic E-state index is 7.85. The van der Waals surface area contributed by atoms with Crippen molar-refractivity contribution in [2.75, 3.05) is 18.2 Å². The first-order valence-corrected chi connectivity index (χ1v) is 7.66. The number of nitrogens with zero attached hydrogens (tertiary/aromatic N) is 1. The molecule has 1 unspecified atom stereocenters. The van der Waals surface area contributed by atoms with Crippen molar-refractivity contribution in [1.29, 1.82) is 5.41 Å². The van der Waals surface area contributed by atoms with Crippen LogP contribution in [0.2, 0.25) is 0 Å². The van der Waals surface area contributed by atoms with Crippen LogP contribution in [0.4, 0.5) is 5.69 Å². The molecule has 19 heavy (non-hydrogen) atoms. The van der Waals surface area contributed by atoms with Crippen LogP contribution in [0.5, 0.6) is 0 Å². The quantitative estimate of drug-likeness (QED) is 0.503. The van der Waals surface area contributed by atoms with Crippen molar-refractivity contribution in [2.24, 2.45) is 11.1 Å². The fourth-order valence-corrected chi connectivity index (χ4v) is 2.68. The van der Waals surface area contributed by atoms with Gasteiger partial charge in [-0.1, -0.05) is 26.8 Å². The Labute approximate surface area is 121 Å². The topological polar surface area (TPSA) is 53.1 Å². The Hall–Kier alpha value is -1.16. The number of anilines is 1. The molecule has 106 valence electrons. The lowest BCUT2D eigenvalue weighted by Crippen LogP contribution is -2.40. The van der Waals surface area contributed by atoms with Crippen LogP contribution in [0, 0.1) is 10.8 Å². The second-order valence-corrected chi connectivity index (χ2v) is 6.77. The van der Waals surface area contributed by atoms with Gasteiger partial charge in [0.2, 0.25) is 0 Å². The number of nitrogens with two attached hydrogens (primary N) is 1. The first-order chi connectivity index (χ1) is 8.70. The molecule has 3 nitrogen and oxygen atoms in total. The van der Waals surface area contributed by atoms with Gasteiger partial charge < -0.3 is 10.6 Å². The molecule has 1 rings (SSSR count). The molecule has 0 heterocycles. The van der Waals surface area contributed by atoms with Gasteiger partial charge in [-0.3, -0.25) is 5.41 Å². The lowest BCUT2D eigenvalue weighted by molar-refractivity contribution is 0.329. The van der Waals surface area contributed by atoms with E-state index < -0.39 is 0 Å². The SMILES string of the molecule is CSc1cccc(N(C)C(C)C(C)(C)C)c1C(=N)N. The molecular formula is C15H25N3S. The first kappa shape index (κ1) is 15.9. The largest absolute Gasteiger partial charge is 0.384 e. The van der Waals surface area contributed by atoms with E-state index in [0.717, 1.165) is 16.1 Å². The predicted octanol–water partition coefficient (Wildman–Crippen LogP) is 3.56. The minimum atomic E-state index is 0.132. The number of benzene rings is 1. The second kappa shape index (κ2) is 5.87. The molecule has 0 amide bonds. The molecule has 0 aliphatic carbocycles. The third-order valence-electron chi connectivity index (χ3n) is 3.71. The van der Waals surface area contributed by atoms with E-state index in [1.54, 1.807) is 11.8 Å². The van der Waals surface area contributed by atoms with Crippen LogP contribution in [-0.4, -0.2) is 25.2 Å². The van der Waals surface area contributed by atoms with E-state index in [1.807, 2.05) is 24.5 Å². The van der Waals surface area contributed by atoms with Crippen molar-refractivity contribution in [3.05, 3.63) is 23.8 Å². The highest BCUT2D eigenvalue weighted by Gasteiger charge is 2.26. The summed E-state index contributed by atoms with van der Waals surface area (Å²) in [4.78, 5) is 3.27. The third kappa shape index (κ3) is 3.44. The molecule has 0 radical (unpaired) electrons. The van der Waals surface area contributed by atoms with E-state index >= 15 is 0 Å². The van der Waals surface area contributed by atoms with Crippen LogP contribution in [0.25, 0.3) is 0 Å². The number of nitrogens with one attached hydrogen (secondary N) is 1. The molecule has 0 aromatic heterocycles. The van der Waals surface area contributed by atoms with Crippen molar-refractivity contribution in [3.8, 4) is 0 Å². The highest BCUT2D eigenvalue weighted by Crippen LogP contribution is 2.33.